The van der Waals surface area contributed by atoms with E-state index in [0.717, 1.165) is 19.6 Å². The number of hydrogen-bond acceptors (Lipinski definition) is 3. The average molecular weight is 225 g/mol. The smallest absolute Gasteiger partial charge is 0.0588 e. The molecule has 84 valence electrons. The van der Waals surface area contributed by atoms with Crippen LogP contribution in [0.15, 0.2) is 16.8 Å². The summed E-state index contributed by atoms with van der Waals surface area (Å²) in [5, 5.41) is 7.88. The second-order valence-corrected chi connectivity index (χ2v) is 4.94. The fourth-order valence-electron chi connectivity index (χ4n) is 1.97. The van der Waals surface area contributed by atoms with Crippen LogP contribution in [0.1, 0.15) is 37.8 Å². The van der Waals surface area contributed by atoms with E-state index in [4.69, 9.17) is 4.74 Å². The third-order valence-electron chi connectivity index (χ3n) is 2.98. The molecule has 2 unspecified atom stereocenters. The van der Waals surface area contributed by atoms with Crippen molar-refractivity contribution in [2.75, 3.05) is 13.2 Å². The molecule has 1 aromatic rings. The van der Waals surface area contributed by atoms with Crippen LogP contribution >= 0.6 is 11.3 Å². The molecule has 0 radical (unpaired) electrons. The van der Waals surface area contributed by atoms with E-state index in [1.807, 2.05) is 0 Å². The molecule has 1 aliphatic heterocycles. The lowest BCUT2D eigenvalue weighted by atomic mass is 10.1. The van der Waals surface area contributed by atoms with Gasteiger partial charge < -0.3 is 10.1 Å². The van der Waals surface area contributed by atoms with Crippen molar-refractivity contribution in [3.63, 3.8) is 0 Å². The fraction of sp³-hybridized carbons (Fsp3) is 0.667. The number of ether oxygens (including phenoxy) is 1. The Morgan fingerprint density at radius 2 is 2.60 bits per heavy atom. The first-order valence-electron chi connectivity index (χ1n) is 5.73. The normalized spacial score (nSPS) is 23.1. The van der Waals surface area contributed by atoms with Crippen molar-refractivity contribution >= 4 is 11.3 Å². The SMILES string of the molecule is CC(NCCC1CCCO1)c1ccsc1. The van der Waals surface area contributed by atoms with Gasteiger partial charge in [0.05, 0.1) is 6.10 Å². The van der Waals surface area contributed by atoms with Crippen molar-refractivity contribution in [3.05, 3.63) is 22.4 Å². The van der Waals surface area contributed by atoms with Crippen molar-refractivity contribution in [1.82, 2.24) is 5.32 Å². The summed E-state index contributed by atoms with van der Waals surface area (Å²) in [6.07, 6.45) is 4.14. The molecule has 1 aliphatic rings. The highest BCUT2D eigenvalue weighted by Gasteiger charge is 2.15. The number of nitrogens with one attached hydrogen (secondary N) is 1. The zero-order valence-electron chi connectivity index (χ0n) is 9.24. The van der Waals surface area contributed by atoms with E-state index in [2.05, 4.69) is 29.1 Å². The standard InChI is InChI=1S/C12H19NOS/c1-10(11-5-8-15-9-11)13-6-4-12-3-2-7-14-12/h5,8-10,12-13H,2-4,6-7H2,1H3. The lowest BCUT2D eigenvalue weighted by Gasteiger charge is -2.14. The molecular weight excluding hydrogens is 206 g/mol. The predicted octanol–water partition coefficient (Wildman–Crippen LogP) is 2.97. The Morgan fingerprint density at radius 1 is 1.67 bits per heavy atom. The van der Waals surface area contributed by atoms with Gasteiger partial charge in [-0.1, -0.05) is 0 Å². The van der Waals surface area contributed by atoms with Gasteiger partial charge in [-0.3, -0.25) is 0 Å². The van der Waals surface area contributed by atoms with Gasteiger partial charge in [0, 0.05) is 12.6 Å². The van der Waals surface area contributed by atoms with Gasteiger partial charge in [-0.15, -0.1) is 0 Å². The first-order chi connectivity index (χ1) is 7.36. The van der Waals surface area contributed by atoms with E-state index in [9.17, 15) is 0 Å². The first-order valence-corrected chi connectivity index (χ1v) is 6.67. The molecule has 0 amide bonds. The van der Waals surface area contributed by atoms with Crippen LogP contribution in [0.4, 0.5) is 0 Å². The van der Waals surface area contributed by atoms with Gasteiger partial charge in [-0.25, -0.2) is 0 Å². The van der Waals surface area contributed by atoms with Gasteiger partial charge in [0.2, 0.25) is 0 Å². The van der Waals surface area contributed by atoms with E-state index in [1.54, 1.807) is 11.3 Å². The zero-order valence-corrected chi connectivity index (χ0v) is 10.1. The lowest BCUT2D eigenvalue weighted by Crippen LogP contribution is -2.23. The summed E-state index contributed by atoms with van der Waals surface area (Å²) in [4.78, 5) is 0. The Bertz CT molecular complexity index is 267. The van der Waals surface area contributed by atoms with Gasteiger partial charge in [-0.05, 0) is 55.1 Å². The van der Waals surface area contributed by atoms with Gasteiger partial charge in [0.1, 0.15) is 0 Å². The molecule has 1 saturated heterocycles. The van der Waals surface area contributed by atoms with E-state index in [-0.39, 0.29) is 0 Å². The zero-order chi connectivity index (χ0) is 10.5. The summed E-state index contributed by atoms with van der Waals surface area (Å²) in [5.41, 5.74) is 1.40. The lowest BCUT2D eigenvalue weighted by molar-refractivity contribution is 0.103. The molecule has 2 atom stereocenters. The van der Waals surface area contributed by atoms with Crippen LogP contribution in [-0.4, -0.2) is 19.3 Å². The maximum atomic E-state index is 5.59. The Balaban J connectivity index is 1.65. The number of thiophene rings is 1. The third-order valence-corrected chi connectivity index (χ3v) is 3.69. The predicted molar refractivity (Wildman–Crippen MR) is 64.3 cm³/mol. The monoisotopic (exact) mass is 225 g/mol. The quantitative estimate of drug-likeness (QED) is 0.832. The Hall–Kier alpha value is -0.380. The highest BCUT2D eigenvalue weighted by molar-refractivity contribution is 7.07. The number of rotatable bonds is 5. The molecule has 15 heavy (non-hydrogen) atoms. The highest BCUT2D eigenvalue weighted by Crippen LogP contribution is 2.17. The molecule has 2 heterocycles. The Labute approximate surface area is 95.6 Å². The van der Waals surface area contributed by atoms with E-state index >= 15 is 0 Å². The van der Waals surface area contributed by atoms with Crippen molar-refractivity contribution in [2.24, 2.45) is 0 Å². The molecule has 3 heteroatoms. The summed E-state index contributed by atoms with van der Waals surface area (Å²) in [6.45, 7) is 4.24. The molecule has 0 aliphatic carbocycles. The van der Waals surface area contributed by atoms with E-state index < -0.39 is 0 Å². The number of hydrogen-bond donors (Lipinski definition) is 1. The minimum atomic E-state index is 0.470. The molecular formula is C12H19NOS. The van der Waals surface area contributed by atoms with Crippen LogP contribution in [0.3, 0.4) is 0 Å². The van der Waals surface area contributed by atoms with E-state index in [1.165, 1.54) is 18.4 Å². The minimum absolute atomic E-state index is 0.470. The van der Waals surface area contributed by atoms with Crippen molar-refractivity contribution in [1.29, 1.82) is 0 Å². The van der Waals surface area contributed by atoms with Crippen molar-refractivity contribution in [2.45, 2.75) is 38.3 Å². The van der Waals surface area contributed by atoms with Crippen LogP contribution in [0.25, 0.3) is 0 Å². The topological polar surface area (TPSA) is 21.3 Å². The Morgan fingerprint density at radius 3 is 3.27 bits per heavy atom. The summed E-state index contributed by atoms with van der Waals surface area (Å²) in [5.74, 6) is 0. The maximum absolute atomic E-state index is 5.59. The van der Waals surface area contributed by atoms with Crippen molar-refractivity contribution < 1.29 is 4.74 Å². The highest BCUT2D eigenvalue weighted by atomic mass is 32.1. The summed E-state index contributed by atoms with van der Waals surface area (Å²) < 4.78 is 5.59. The van der Waals surface area contributed by atoms with Gasteiger partial charge in [-0.2, -0.15) is 11.3 Å². The first kappa shape index (κ1) is 11.1. The van der Waals surface area contributed by atoms with Crippen LogP contribution < -0.4 is 5.32 Å². The fourth-order valence-corrected chi connectivity index (χ4v) is 2.73. The minimum Gasteiger partial charge on any atom is -0.378 e. The van der Waals surface area contributed by atoms with Crippen LogP contribution in [0.2, 0.25) is 0 Å². The average Bonchev–Trinajstić information content (AvgIpc) is 2.90. The van der Waals surface area contributed by atoms with Gasteiger partial charge in [0.15, 0.2) is 0 Å². The van der Waals surface area contributed by atoms with Gasteiger partial charge >= 0.3 is 0 Å². The largest absolute Gasteiger partial charge is 0.378 e. The molecule has 1 fully saturated rings. The molecule has 2 rings (SSSR count). The second-order valence-electron chi connectivity index (χ2n) is 4.16. The third kappa shape index (κ3) is 3.30. The second kappa shape index (κ2) is 5.64. The van der Waals surface area contributed by atoms with Crippen LogP contribution in [-0.2, 0) is 4.74 Å². The van der Waals surface area contributed by atoms with E-state index in [0.29, 0.717) is 12.1 Å². The van der Waals surface area contributed by atoms with Crippen molar-refractivity contribution in [3.8, 4) is 0 Å². The molecule has 0 saturated carbocycles. The summed E-state index contributed by atoms with van der Waals surface area (Å²) >= 11 is 1.76. The maximum Gasteiger partial charge on any atom is 0.0588 e. The summed E-state index contributed by atoms with van der Waals surface area (Å²) in [7, 11) is 0. The van der Waals surface area contributed by atoms with Gasteiger partial charge in [0.25, 0.3) is 0 Å². The molecule has 1 aromatic heterocycles. The van der Waals surface area contributed by atoms with Crippen LogP contribution in [0, 0.1) is 0 Å². The van der Waals surface area contributed by atoms with Crippen LogP contribution in [0.5, 0.6) is 0 Å². The summed E-state index contributed by atoms with van der Waals surface area (Å²) in [6, 6.07) is 2.66. The Kier molecular flexibility index (Phi) is 4.18. The molecule has 0 spiro atoms. The molecule has 0 bridgehead atoms. The molecule has 1 N–H and O–H groups in total. The molecule has 2 nitrogen and oxygen atoms in total. The molecule has 0 aromatic carbocycles.